The van der Waals surface area contributed by atoms with Crippen LogP contribution in [0, 0.1) is 5.92 Å². The van der Waals surface area contributed by atoms with Crippen LogP contribution in [-0.2, 0) is 4.79 Å². The fraction of sp³-hybridized carbons (Fsp3) is 0.900. The second-order valence-corrected chi connectivity index (χ2v) is 5.00. The van der Waals surface area contributed by atoms with Crippen LogP contribution < -0.4 is 5.32 Å². The van der Waals surface area contributed by atoms with E-state index in [2.05, 4.69) is 28.2 Å². The van der Waals surface area contributed by atoms with Crippen LogP contribution in [0.1, 0.15) is 39.5 Å². The number of halogens is 1. The second-order valence-electron chi connectivity index (χ2n) is 3.90. The lowest BCUT2D eigenvalue weighted by atomic mass is 10.1. The number of hydrogen-bond donors (Lipinski definition) is 1. The van der Waals surface area contributed by atoms with Crippen molar-refractivity contribution in [2.45, 2.75) is 50.4 Å². The maximum absolute atomic E-state index is 11.5. The van der Waals surface area contributed by atoms with Gasteiger partial charge in [0.15, 0.2) is 0 Å². The lowest BCUT2D eigenvalue weighted by molar-refractivity contribution is -0.121. The topological polar surface area (TPSA) is 29.1 Å². The van der Waals surface area contributed by atoms with E-state index in [9.17, 15) is 4.79 Å². The summed E-state index contributed by atoms with van der Waals surface area (Å²) in [5.41, 5.74) is 0. The minimum atomic E-state index is -0.0136. The van der Waals surface area contributed by atoms with Crippen molar-refractivity contribution in [2.75, 3.05) is 0 Å². The Morgan fingerprint density at radius 1 is 1.62 bits per heavy atom. The maximum Gasteiger partial charge on any atom is 0.233 e. The molecule has 0 aromatic carbocycles. The Balaban J connectivity index is 2.35. The van der Waals surface area contributed by atoms with Crippen LogP contribution in [-0.4, -0.2) is 16.8 Å². The molecule has 3 heteroatoms. The van der Waals surface area contributed by atoms with Crippen molar-refractivity contribution in [3.05, 3.63) is 0 Å². The molecule has 0 bridgehead atoms. The minimum absolute atomic E-state index is 0.0136. The van der Waals surface area contributed by atoms with Crippen LogP contribution in [0.15, 0.2) is 0 Å². The summed E-state index contributed by atoms with van der Waals surface area (Å²) in [5.74, 6) is 0.807. The first-order chi connectivity index (χ1) is 6.15. The molecule has 3 atom stereocenters. The predicted octanol–water partition coefficient (Wildman–Crippen LogP) is 2.46. The van der Waals surface area contributed by atoms with Crippen LogP contribution >= 0.6 is 15.9 Å². The van der Waals surface area contributed by atoms with Crippen molar-refractivity contribution in [3.63, 3.8) is 0 Å². The summed E-state index contributed by atoms with van der Waals surface area (Å²) in [6, 6.07) is 0.416. The Labute approximate surface area is 88.6 Å². The first-order valence-electron chi connectivity index (χ1n) is 5.09. The van der Waals surface area contributed by atoms with Crippen LogP contribution in [0.3, 0.4) is 0 Å². The van der Waals surface area contributed by atoms with Crippen LogP contribution in [0.25, 0.3) is 0 Å². The van der Waals surface area contributed by atoms with Gasteiger partial charge in [-0.2, -0.15) is 0 Å². The smallest absolute Gasteiger partial charge is 0.233 e. The summed E-state index contributed by atoms with van der Waals surface area (Å²) < 4.78 is 0. The Hall–Kier alpha value is -0.0500. The van der Waals surface area contributed by atoms with Gasteiger partial charge in [-0.25, -0.2) is 0 Å². The van der Waals surface area contributed by atoms with Gasteiger partial charge in [-0.3, -0.25) is 4.79 Å². The highest BCUT2D eigenvalue weighted by Gasteiger charge is 2.26. The van der Waals surface area contributed by atoms with E-state index in [4.69, 9.17) is 0 Å². The summed E-state index contributed by atoms with van der Waals surface area (Å²) >= 11 is 3.36. The molecule has 3 unspecified atom stereocenters. The molecule has 1 aliphatic rings. The average molecular weight is 248 g/mol. The number of carbonyl (C=O) groups is 1. The average Bonchev–Trinajstić information content (AvgIpc) is 2.50. The summed E-state index contributed by atoms with van der Waals surface area (Å²) in [4.78, 5) is 11.5. The molecule has 0 saturated heterocycles. The van der Waals surface area contributed by atoms with Crippen molar-refractivity contribution in [1.82, 2.24) is 5.32 Å². The highest BCUT2D eigenvalue weighted by molar-refractivity contribution is 9.10. The van der Waals surface area contributed by atoms with Crippen molar-refractivity contribution in [1.29, 1.82) is 0 Å². The Morgan fingerprint density at radius 2 is 2.31 bits per heavy atom. The normalized spacial score (nSPS) is 30.1. The van der Waals surface area contributed by atoms with Gasteiger partial charge in [-0.15, -0.1) is 0 Å². The summed E-state index contributed by atoms with van der Waals surface area (Å²) in [7, 11) is 0. The van der Waals surface area contributed by atoms with Gasteiger partial charge in [-0.1, -0.05) is 36.2 Å². The molecule has 1 aliphatic carbocycles. The summed E-state index contributed by atoms with van der Waals surface area (Å²) in [6.07, 6.45) is 4.51. The molecule has 76 valence electrons. The Kier molecular flexibility index (Phi) is 4.23. The molecule has 1 fully saturated rings. The van der Waals surface area contributed by atoms with E-state index in [1.54, 1.807) is 0 Å². The van der Waals surface area contributed by atoms with E-state index in [-0.39, 0.29) is 10.7 Å². The van der Waals surface area contributed by atoms with Gasteiger partial charge in [0.2, 0.25) is 5.91 Å². The fourth-order valence-corrected chi connectivity index (χ4v) is 1.95. The van der Waals surface area contributed by atoms with Crippen LogP contribution in [0.2, 0.25) is 0 Å². The summed E-state index contributed by atoms with van der Waals surface area (Å²) in [6.45, 7) is 4.23. The van der Waals surface area contributed by atoms with E-state index in [1.807, 2.05) is 6.92 Å². The molecule has 1 amide bonds. The lowest BCUT2D eigenvalue weighted by Crippen LogP contribution is -2.40. The van der Waals surface area contributed by atoms with Gasteiger partial charge in [0.05, 0.1) is 4.83 Å². The molecule has 1 rings (SSSR count). The van der Waals surface area contributed by atoms with Gasteiger partial charge in [0.25, 0.3) is 0 Å². The largest absolute Gasteiger partial charge is 0.352 e. The molecule has 0 heterocycles. The standard InChI is InChI=1S/C10H18BrNO/c1-3-8(11)10(13)12-9-6-4-5-7(9)2/h7-9H,3-6H2,1-2H3,(H,12,13). The van der Waals surface area contributed by atoms with Gasteiger partial charge in [-0.05, 0) is 25.2 Å². The molecule has 2 nitrogen and oxygen atoms in total. The van der Waals surface area contributed by atoms with Gasteiger partial charge >= 0.3 is 0 Å². The predicted molar refractivity (Wildman–Crippen MR) is 58.0 cm³/mol. The van der Waals surface area contributed by atoms with Crippen molar-refractivity contribution < 1.29 is 4.79 Å². The van der Waals surface area contributed by atoms with Crippen LogP contribution in [0.4, 0.5) is 0 Å². The van der Waals surface area contributed by atoms with Crippen molar-refractivity contribution >= 4 is 21.8 Å². The molecular weight excluding hydrogens is 230 g/mol. The number of hydrogen-bond acceptors (Lipinski definition) is 1. The number of alkyl halides is 1. The van der Waals surface area contributed by atoms with Gasteiger partial charge < -0.3 is 5.32 Å². The zero-order valence-corrected chi connectivity index (χ0v) is 9.93. The number of nitrogens with one attached hydrogen (secondary N) is 1. The molecule has 0 aromatic heterocycles. The zero-order chi connectivity index (χ0) is 9.84. The molecule has 0 aliphatic heterocycles. The van der Waals surface area contributed by atoms with Crippen molar-refractivity contribution in [3.8, 4) is 0 Å². The Morgan fingerprint density at radius 3 is 2.77 bits per heavy atom. The monoisotopic (exact) mass is 247 g/mol. The molecule has 1 N–H and O–H groups in total. The molecule has 0 radical (unpaired) electrons. The Bertz CT molecular complexity index is 184. The first-order valence-corrected chi connectivity index (χ1v) is 6.01. The van der Waals surface area contributed by atoms with E-state index in [0.29, 0.717) is 12.0 Å². The molecule has 1 saturated carbocycles. The zero-order valence-electron chi connectivity index (χ0n) is 8.35. The third kappa shape index (κ3) is 2.97. The molecule has 0 aromatic rings. The summed E-state index contributed by atoms with van der Waals surface area (Å²) in [5, 5.41) is 3.09. The second kappa shape index (κ2) is 4.99. The van der Waals surface area contributed by atoms with Gasteiger partial charge in [0.1, 0.15) is 0 Å². The third-order valence-electron chi connectivity index (χ3n) is 2.83. The van der Waals surface area contributed by atoms with E-state index < -0.39 is 0 Å². The lowest BCUT2D eigenvalue weighted by Gasteiger charge is -2.18. The highest BCUT2D eigenvalue weighted by atomic mass is 79.9. The quantitative estimate of drug-likeness (QED) is 0.764. The minimum Gasteiger partial charge on any atom is -0.352 e. The number of rotatable bonds is 3. The van der Waals surface area contributed by atoms with E-state index in [0.717, 1.165) is 12.8 Å². The number of amides is 1. The number of carbonyl (C=O) groups excluding carboxylic acids is 1. The SMILES string of the molecule is CCC(Br)C(=O)NC1CCCC1C. The molecular formula is C10H18BrNO. The maximum atomic E-state index is 11.5. The van der Waals surface area contributed by atoms with Gasteiger partial charge in [0, 0.05) is 6.04 Å². The van der Waals surface area contributed by atoms with E-state index >= 15 is 0 Å². The molecule has 13 heavy (non-hydrogen) atoms. The fourth-order valence-electron chi connectivity index (χ4n) is 1.82. The van der Waals surface area contributed by atoms with E-state index in [1.165, 1.54) is 12.8 Å². The third-order valence-corrected chi connectivity index (χ3v) is 3.90. The highest BCUT2D eigenvalue weighted by Crippen LogP contribution is 2.25. The van der Waals surface area contributed by atoms with Crippen LogP contribution in [0.5, 0.6) is 0 Å². The van der Waals surface area contributed by atoms with Crippen molar-refractivity contribution in [2.24, 2.45) is 5.92 Å². The molecule has 0 spiro atoms. The first kappa shape index (κ1) is 11.0.